The maximum atomic E-state index is 5.34. The van der Waals surface area contributed by atoms with Gasteiger partial charge in [-0.25, -0.2) is 0 Å². The van der Waals surface area contributed by atoms with Crippen molar-refractivity contribution in [2.45, 2.75) is 58.5 Å². The van der Waals surface area contributed by atoms with Crippen molar-refractivity contribution in [2.24, 2.45) is 0 Å². The Balaban J connectivity index is 3.20. The van der Waals surface area contributed by atoms with Crippen molar-refractivity contribution in [1.82, 2.24) is 0 Å². The van der Waals surface area contributed by atoms with E-state index in [9.17, 15) is 0 Å². The van der Waals surface area contributed by atoms with Crippen LogP contribution in [0.2, 0.25) is 0 Å². The lowest BCUT2D eigenvalue weighted by molar-refractivity contribution is 0.0851. The summed E-state index contributed by atoms with van der Waals surface area (Å²) in [6.07, 6.45) is 8.22. The van der Waals surface area contributed by atoms with Crippen LogP contribution < -0.4 is 0 Å². The molecule has 0 aliphatic carbocycles. The van der Waals surface area contributed by atoms with Gasteiger partial charge in [-0.1, -0.05) is 39.5 Å². The molecule has 0 spiro atoms. The molecule has 1 atom stereocenters. The summed E-state index contributed by atoms with van der Waals surface area (Å²) in [5, 5.41) is 0. The zero-order chi connectivity index (χ0) is 8.53. The molecule has 0 heterocycles. The third-order valence-corrected chi connectivity index (χ3v) is 2.07. The lowest BCUT2D eigenvalue weighted by Gasteiger charge is -2.13. The molecule has 0 rings (SSSR count). The molecule has 0 amide bonds. The molecular weight excluding hydrogens is 136 g/mol. The number of ether oxygens (including phenoxy) is 1. The van der Waals surface area contributed by atoms with E-state index in [1.54, 1.807) is 0 Å². The van der Waals surface area contributed by atoms with Crippen LogP contribution in [0.4, 0.5) is 0 Å². The predicted octanol–water partition coefficient (Wildman–Crippen LogP) is 3.38. The fourth-order valence-corrected chi connectivity index (χ4v) is 1.32. The lowest BCUT2D eigenvalue weighted by atomic mass is 10.1. The molecule has 0 aliphatic heterocycles. The van der Waals surface area contributed by atoms with Gasteiger partial charge in [0.15, 0.2) is 0 Å². The van der Waals surface area contributed by atoms with Gasteiger partial charge in [-0.15, -0.1) is 0 Å². The van der Waals surface area contributed by atoms with Crippen molar-refractivity contribution < 1.29 is 4.74 Å². The van der Waals surface area contributed by atoms with Crippen LogP contribution >= 0.6 is 0 Å². The van der Waals surface area contributed by atoms with E-state index in [4.69, 9.17) is 4.74 Å². The van der Waals surface area contributed by atoms with Crippen molar-refractivity contribution in [1.29, 1.82) is 0 Å². The normalized spacial score (nSPS) is 13.4. The summed E-state index contributed by atoms with van der Waals surface area (Å²) in [6.45, 7) is 4.45. The molecule has 0 saturated carbocycles. The van der Waals surface area contributed by atoms with Gasteiger partial charge in [0.05, 0.1) is 6.10 Å². The molecule has 0 aromatic heterocycles. The maximum absolute atomic E-state index is 5.34. The number of methoxy groups -OCH3 is 1. The number of hydrogen-bond donors (Lipinski definition) is 0. The van der Waals surface area contributed by atoms with Gasteiger partial charge < -0.3 is 4.74 Å². The smallest absolute Gasteiger partial charge is 0.0571 e. The standard InChI is InChI=1S/C10H22O/c1-4-6-7-9-10(11-3)8-5-2/h10H,4-9H2,1-3H3. The number of hydrogen-bond acceptors (Lipinski definition) is 1. The van der Waals surface area contributed by atoms with E-state index < -0.39 is 0 Å². The maximum Gasteiger partial charge on any atom is 0.0571 e. The predicted molar refractivity (Wildman–Crippen MR) is 49.8 cm³/mol. The van der Waals surface area contributed by atoms with Crippen molar-refractivity contribution in [3.05, 3.63) is 0 Å². The highest BCUT2D eigenvalue weighted by Gasteiger charge is 2.03. The molecule has 0 fully saturated rings. The van der Waals surface area contributed by atoms with Gasteiger partial charge >= 0.3 is 0 Å². The van der Waals surface area contributed by atoms with Crippen molar-refractivity contribution in [3.63, 3.8) is 0 Å². The lowest BCUT2D eigenvalue weighted by Crippen LogP contribution is -2.09. The number of rotatable bonds is 7. The van der Waals surface area contributed by atoms with Crippen LogP contribution in [0.25, 0.3) is 0 Å². The van der Waals surface area contributed by atoms with E-state index in [2.05, 4.69) is 13.8 Å². The van der Waals surface area contributed by atoms with Gasteiger partial charge in [0, 0.05) is 7.11 Å². The molecule has 1 nitrogen and oxygen atoms in total. The average molecular weight is 158 g/mol. The Morgan fingerprint density at radius 1 is 1.00 bits per heavy atom. The summed E-state index contributed by atoms with van der Waals surface area (Å²) in [4.78, 5) is 0. The van der Waals surface area contributed by atoms with Gasteiger partial charge in [-0.2, -0.15) is 0 Å². The van der Waals surface area contributed by atoms with Gasteiger partial charge in [0.2, 0.25) is 0 Å². The second-order valence-electron chi connectivity index (χ2n) is 3.14. The molecule has 0 N–H and O–H groups in total. The molecule has 0 aliphatic rings. The summed E-state index contributed by atoms with van der Waals surface area (Å²) in [6, 6.07) is 0. The summed E-state index contributed by atoms with van der Waals surface area (Å²) in [7, 11) is 1.83. The first-order valence-electron chi connectivity index (χ1n) is 4.87. The van der Waals surface area contributed by atoms with Crippen molar-refractivity contribution in [3.8, 4) is 0 Å². The summed E-state index contributed by atoms with van der Waals surface area (Å²) in [5.41, 5.74) is 0. The highest BCUT2D eigenvalue weighted by atomic mass is 16.5. The first kappa shape index (κ1) is 11.0. The minimum atomic E-state index is 0.520. The fraction of sp³-hybridized carbons (Fsp3) is 1.00. The van der Waals surface area contributed by atoms with Crippen LogP contribution in [0.1, 0.15) is 52.4 Å². The zero-order valence-electron chi connectivity index (χ0n) is 8.23. The first-order chi connectivity index (χ1) is 5.35. The first-order valence-corrected chi connectivity index (χ1v) is 4.87. The molecule has 0 aromatic rings. The Morgan fingerprint density at radius 2 is 1.73 bits per heavy atom. The van der Waals surface area contributed by atoms with E-state index in [1.807, 2.05) is 7.11 Å². The van der Waals surface area contributed by atoms with E-state index in [0.29, 0.717) is 6.10 Å². The van der Waals surface area contributed by atoms with Crippen LogP contribution in [-0.4, -0.2) is 13.2 Å². The van der Waals surface area contributed by atoms with Crippen molar-refractivity contribution in [2.75, 3.05) is 7.11 Å². The minimum absolute atomic E-state index is 0.520. The molecular formula is C10H22O. The molecule has 68 valence electrons. The van der Waals surface area contributed by atoms with Crippen LogP contribution in [0.15, 0.2) is 0 Å². The third kappa shape index (κ3) is 6.36. The van der Waals surface area contributed by atoms with Gasteiger partial charge in [-0.3, -0.25) is 0 Å². The molecule has 1 unspecified atom stereocenters. The number of unbranched alkanes of at least 4 members (excludes halogenated alkanes) is 2. The van der Waals surface area contributed by atoms with Crippen LogP contribution in [0.5, 0.6) is 0 Å². The Bertz CT molecular complexity index is 71.3. The molecule has 11 heavy (non-hydrogen) atoms. The van der Waals surface area contributed by atoms with Gasteiger partial charge in [-0.05, 0) is 12.8 Å². The second-order valence-corrected chi connectivity index (χ2v) is 3.14. The van der Waals surface area contributed by atoms with Crippen LogP contribution in [0, 0.1) is 0 Å². The molecule has 0 saturated heterocycles. The molecule has 0 aromatic carbocycles. The second kappa shape index (κ2) is 8.06. The van der Waals surface area contributed by atoms with Gasteiger partial charge in [0.25, 0.3) is 0 Å². The Morgan fingerprint density at radius 3 is 2.18 bits per heavy atom. The van der Waals surface area contributed by atoms with E-state index in [1.165, 1.54) is 38.5 Å². The molecule has 1 heteroatoms. The highest BCUT2D eigenvalue weighted by Crippen LogP contribution is 2.10. The SMILES string of the molecule is CCCCCC(CCC)OC. The van der Waals surface area contributed by atoms with Crippen LogP contribution in [-0.2, 0) is 4.74 Å². The van der Waals surface area contributed by atoms with E-state index >= 15 is 0 Å². The fourth-order valence-electron chi connectivity index (χ4n) is 1.32. The monoisotopic (exact) mass is 158 g/mol. The topological polar surface area (TPSA) is 9.23 Å². The third-order valence-electron chi connectivity index (χ3n) is 2.07. The summed E-state index contributed by atoms with van der Waals surface area (Å²) >= 11 is 0. The van der Waals surface area contributed by atoms with E-state index in [0.717, 1.165) is 0 Å². The minimum Gasteiger partial charge on any atom is -0.381 e. The van der Waals surface area contributed by atoms with Crippen LogP contribution in [0.3, 0.4) is 0 Å². The Labute approximate surface area is 71.1 Å². The quantitative estimate of drug-likeness (QED) is 0.516. The van der Waals surface area contributed by atoms with Gasteiger partial charge in [0.1, 0.15) is 0 Å². The molecule has 0 radical (unpaired) electrons. The Hall–Kier alpha value is -0.0400. The largest absolute Gasteiger partial charge is 0.381 e. The zero-order valence-corrected chi connectivity index (χ0v) is 8.23. The molecule has 0 bridgehead atoms. The summed E-state index contributed by atoms with van der Waals surface area (Å²) < 4.78 is 5.34. The van der Waals surface area contributed by atoms with E-state index in [-0.39, 0.29) is 0 Å². The Kier molecular flexibility index (Phi) is 8.03. The summed E-state index contributed by atoms with van der Waals surface area (Å²) in [5.74, 6) is 0. The highest BCUT2D eigenvalue weighted by molar-refractivity contribution is 4.56. The average Bonchev–Trinajstić information content (AvgIpc) is 2.03. The van der Waals surface area contributed by atoms with Crippen molar-refractivity contribution >= 4 is 0 Å².